The molecule has 2 heterocycles. The van der Waals surface area contributed by atoms with Crippen molar-refractivity contribution in [2.24, 2.45) is 5.41 Å². The highest BCUT2D eigenvalue weighted by molar-refractivity contribution is 5.98. The summed E-state index contributed by atoms with van der Waals surface area (Å²) in [6.07, 6.45) is 1.51. The van der Waals surface area contributed by atoms with E-state index in [4.69, 9.17) is 4.74 Å². The molecule has 1 aliphatic heterocycles. The molecule has 0 spiro atoms. The second-order valence-electron chi connectivity index (χ2n) is 11.5. The van der Waals surface area contributed by atoms with Gasteiger partial charge in [-0.05, 0) is 94.3 Å². The number of nitrogens with one attached hydrogen (secondary N) is 2. The summed E-state index contributed by atoms with van der Waals surface area (Å²) in [5.74, 6) is -1.89. The maximum absolute atomic E-state index is 14.2. The minimum atomic E-state index is -1.19. The van der Waals surface area contributed by atoms with Crippen molar-refractivity contribution < 1.29 is 28.6 Å². The van der Waals surface area contributed by atoms with Crippen LogP contribution in [0.3, 0.4) is 0 Å². The SMILES string of the molecule is CCC(CC)(C(=O)O)[C@H]1CC[C@@H](c2cccc(F)c2)N1C(=O)[C@@H](C)NC(=O)c1cc(C)c(Oc2cc(C)n[nH]c2=O)c(C)c1. The predicted molar refractivity (Wildman–Crippen MR) is 162 cm³/mol. The van der Waals surface area contributed by atoms with Crippen molar-refractivity contribution in [2.75, 3.05) is 0 Å². The first-order chi connectivity index (χ1) is 20.8. The third kappa shape index (κ3) is 6.22. The normalized spacial score (nSPS) is 17.3. The number of aryl methyl sites for hydroxylation is 3. The van der Waals surface area contributed by atoms with Crippen LogP contribution in [-0.4, -0.2) is 50.1 Å². The fraction of sp³-hybridized carbons (Fsp3) is 0.424. The van der Waals surface area contributed by atoms with Crippen molar-refractivity contribution in [3.8, 4) is 11.5 Å². The number of H-pyrrole nitrogens is 1. The average molecular weight is 607 g/mol. The maximum Gasteiger partial charge on any atom is 0.311 e. The van der Waals surface area contributed by atoms with Crippen LogP contribution in [0, 0.1) is 32.0 Å². The summed E-state index contributed by atoms with van der Waals surface area (Å²) in [5.41, 5.74) is 0.961. The molecule has 4 rings (SSSR count). The largest absolute Gasteiger partial charge is 0.481 e. The molecule has 44 heavy (non-hydrogen) atoms. The molecule has 1 saturated heterocycles. The first kappa shape index (κ1) is 32.4. The number of aliphatic carboxylic acids is 1. The third-order valence-corrected chi connectivity index (χ3v) is 8.75. The third-order valence-electron chi connectivity index (χ3n) is 8.75. The number of aromatic nitrogens is 2. The van der Waals surface area contributed by atoms with Gasteiger partial charge in [-0.25, -0.2) is 9.49 Å². The van der Waals surface area contributed by atoms with E-state index in [0.29, 0.717) is 53.8 Å². The summed E-state index contributed by atoms with van der Waals surface area (Å²) >= 11 is 0. The standard InChI is InChI=1S/C33H39FN4O6/c1-7-33(8-2,32(42)43)27-13-12-25(22-10-9-11-24(34)17-22)38(27)31(41)21(6)35-29(39)23-14-18(3)28(19(4)15-23)44-26-16-20(5)36-37-30(26)40/h9-11,14-17,21,25,27H,7-8,12-13H2,1-6H3,(H,35,39)(H,37,40)(H,42,43)/t21-,25+,27-/m1/s1. The Labute approximate surface area is 255 Å². The van der Waals surface area contributed by atoms with Crippen molar-refractivity contribution in [3.63, 3.8) is 0 Å². The van der Waals surface area contributed by atoms with Crippen LogP contribution in [0.25, 0.3) is 0 Å². The minimum absolute atomic E-state index is 0.0738. The van der Waals surface area contributed by atoms with E-state index in [2.05, 4.69) is 15.5 Å². The van der Waals surface area contributed by atoms with Gasteiger partial charge in [0.15, 0.2) is 5.75 Å². The van der Waals surface area contributed by atoms with Crippen LogP contribution in [0.4, 0.5) is 4.39 Å². The molecule has 10 nitrogen and oxygen atoms in total. The number of benzene rings is 2. The Morgan fingerprint density at radius 2 is 1.77 bits per heavy atom. The second-order valence-corrected chi connectivity index (χ2v) is 11.5. The van der Waals surface area contributed by atoms with E-state index in [1.807, 2.05) is 0 Å². The molecule has 1 fully saturated rings. The fourth-order valence-corrected chi connectivity index (χ4v) is 6.34. The van der Waals surface area contributed by atoms with Crippen LogP contribution >= 0.6 is 0 Å². The summed E-state index contributed by atoms with van der Waals surface area (Å²) in [6.45, 7) is 10.4. The van der Waals surface area contributed by atoms with Crippen LogP contribution in [-0.2, 0) is 9.59 Å². The molecular weight excluding hydrogens is 567 g/mol. The lowest BCUT2D eigenvalue weighted by Crippen LogP contribution is -2.55. The molecule has 3 N–H and O–H groups in total. The smallest absolute Gasteiger partial charge is 0.311 e. The van der Waals surface area contributed by atoms with E-state index in [9.17, 15) is 28.7 Å². The van der Waals surface area contributed by atoms with Crippen LogP contribution in [0.1, 0.15) is 85.2 Å². The second kappa shape index (κ2) is 13.0. The Morgan fingerprint density at radius 3 is 2.36 bits per heavy atom. The van der Waals surface area contributed by atoms with Crippen molar-refractivity contribution in [3.05, 3.63) is 86.6 Å². The number of carboxylic acid groups (broad SMARTS) is 1. The number of carboxylic acids is 1. The molecule has 0 saturated carbocycles. The Bertz CT molecular complexity index is 1610. The molecule has 3 atom stereocenters. The lowest BCUT2D eigenvalue weighted by molar-refractivity contribution is -0.157. The molecule has 3 aromatic rings. The van der Waals surface area contributed by atoms with Crippen molar-refractivity contribution in [2.45, 2.75) is 85.4 Å². The highest BCUT2D eigenvalue weighted by Crippen LogP contribution is 2.47. The summed E-state index contributed by atoms with van der Waals surface area (Å²) in [5, 5.41) is 19.3. The van der Waals surface area contributed by atoms with E-state index in [0.717, 1.165) is 0 Å². The van der Waals surface area contributed by atoms with Crippen LogP contribution in [0.2, 0.25) is 0 Å². The number of rotatable bonds is 10. The number of amides is 2. The topological polar surface area (TPSA) is 142 Å². The number of hydrogen-bond acceptors (Lipinski definition) is 6. The van der Waals surface area contributed by atoms with E-state index < -0.39 is 52.7 Å². The Hall–Kier alpha value is -4.54. The van der Waals surface area contributed by atoms with E-state index in [1.165, 1.54) is 18.2 Å². The minimum Gasteiger partial charge on any atom is -0.481 e. The first-order valence-electron chi connectivity index (χ1n) is 14.8. The number of halogens is 1. The Kier molecular flexibility index (Phi) is 9.56. The number of carbonyl (C=O) groups is 3. The Morgan fingerprint density at radius 1 is 1.11 bits per heavy atom. The number of likely N-dealkylation sites (tertiary alicyclic amines) is 1. The number of hydrogen-bond donors (Lipinski definition) is 3. The number of carbonyl (C=O) groups excluding carboxylic acids is 2. The first-order valence-corrected chi connectivity index (χ1v) is 14.8. The Balaban J connectivity index is 1.61. The van der Waals surface area contributed by atoms with Gasteiger partial charge in [-0.15, -0.1) is 0 Å². The predicted octanol–water partition coefficient (Wildman–Crippen LogP) is 5.37. The monoisotopic (exact) mass is 606 g/mol. The summed E-state index contributed by atoms with van der Waals surface area (Å²) in [6, 6.07) is 8.53. The molecule has 0 radical (unpaired) electrons. The summed E-state index contributed by atoms with van der Waals surface area (Å²) < 4.78 is 20.1. The van der Waals surface area contributed by atoms with Gasteiger partial charge in [0, 0.05) is 17.7 Å². The van der Waals surface area contributed by atoms with E-state index in [1.54, 1.807) is 70.7 Å². The zero-order valence-corrected chi connectivity index (χ0v) is 25.9. The molecule has 0 bridgehead atoms. The summed E-state index contributed by atoms with van der Waals surface area (Å²) in [7, 11) is 0. The molecule has 11 heteroatoms. The zero-order chi connectivity index (χ0) is 32.3. The molecule has 2 amide bonds. The van der Waals surface area contributed by atoms with Crippen molar-refractivity contribution in [1.82, 2.24) is 20.4 Å². The number of ether oxygens (including phenoxy) is 1. The molecule has 1 aromatic heterocycles. The molecule has 234 valence electrons. The van der Waals surface area contributed by atoms with Gasteiger partial charge in [-0.2, -0.15) is 5.10 Å². The van der Waals surface area contributed by atoms with Crippen molar-refractivity contribution in [1.29, 1.82) is 0 Å². The van der Waals surface area contributed by atoms with Crippen molar-refractivity contribution >= 4 is 17.8 Å². The maximum atomic E-state index is 14.2. The van der Waals surface area contributed by atoms with Gasteiger partial charge in [0.1, 0.15) is 17.6 Å². The van der Waals surface area contributed by atoms with Gasteiger partial charge in [0.05, 0.1) is 17.2 Å². The van der Waals surface area contributed by atoms with Gasteiger partial charge in [-0.1, -0.05) is 26.0 Å². The van der Waals surface area contributed by atoms with Gasteiger partial charge >= 0.3 is 11.5 Å². The molecule has 0 unspecified atom stereocenters. The van der Waals surface area contributed by atoms with Gasteiger partial charge in [0.25, 0.3) is 5.91 Å². The molecule has 0 aliphatic carbocycles. The molecule has 1 aliphatic rings. The van der Waals surface area contributed by atoms with Gasteiger partial charge in [0.2, 0.25) is 5.91 Å². The lowest BCUT2D eigenvalue weighted by Gasteiger charge is -2.42. The van der Waals surface area contributed by atoms with E-state index >= 15 is 0 Å². The van der Waals surface area contributed by atoms with Crippen LogP contribution in [0.15, 0.2) is 47.3 Å². The highest BCUT2D eigenvalue weighted by atomic mass is 19.1. The summed E-state index contributed by atoms with van der Waals surface area (Å²) in [4.78, 5) is 53.9. The van der Waals surface area contributed by atoms with Crippen LogP contribution in [0.5, 0.6) is 11.5 Å². The average Bonchev–Trinajstić information content (AvgIpc) is 3.42. The number of nitrogens with zero attached hydrogens (tertiary/aromatic N) is 2. The molecule has 2 aromatic carbocycles. The number of aromatic amines is 1. The zero-order valence-electron chi connectivity index (χ0n) is 25.9. The highest BCUT2D eigenvalue weighted by Gasteiger charge is 2.52. The lowest BCUT2D eigenvalue weighted by atomic mass is 9.74. The van der Waals surface area contributed by atoms with E-state index in [-0.39, 0.29) is 11.3 Å². The van der Waals surface area contributed by atoms with Gasteiger partial charge < -0.3 is 20.1 Å². The molecular formula is C33H39FN4O6. The fourth-order valence-electron chi connectivity index (χ4n) is 6.34. The quantitative estimate of drug-likeness (QED) is 0.282. The van der Waals surface area contributed by atoms with Crippen LogP contribution < -0.4 is 15.6 Å². The van der Waals surface area contributed by atoms with Gasteiger partial charge in [-0.3, -0.25) is 19.2 Å².